The molecule has 0 bridgehead atoms. The molecule has 4 heteroatoms. The van der Waals surface area contributed by atoms with E-state index in [9.17, 15) is 4.79 Å². The molecule has 0 unspecified atom stereocenters. The molecule has 0 aliphatic rings. The second kappa shape index (κ2) is 6.24. The fourth-order valence-electron chi connectivity index (χ4n) is 2.72. The summed E-state index contributed by atoms with van der Waals surface area (Å²) in [5, 5.41) is 3.02. The van der Waals surface area contributed by atoms with E-state index < -0.39 is 0 Å². The Kier molecular flexibility index (Phi) is 4.15. The van der Waals surface area contributed by atoms with E-state index in [2.05, 4.69) is 10.3 Å². The minimum absolute atomic E-state index is 0.0267. The third-order valence-electron chi connectivity index (χ3n) is 3.95. The second-order valence-electron chi connectivity index (χ2n) is 5.85. The van der Waals surface area contributed by atoms with E-state index >= 15 is 0 Å². The van der Waals surface area contributed by atoms with Crippen molar-refractivity contribution >= 4 is 22.7 Å². The Labute approximate surface area is 135 Å². The van der Waals surface area contributed by atoms with Gasteiger partial charge in [-0.2, -0.15) is 0 Å². The first-order valence-corrected chi connectivity index (χ1v) is 7.75. The zero-order valence-corrected chi connectivity index (χ0v) is 13.6. The molecular formula is C19H20N2O2. The molecule has 1 heterocycles. The van der Waals surface area contributed by atoms with Crippen LogP contribution in [0.5, 0.6) is 0 Å². The molecule has 1 N–H and O–H groups in total. The number of anilines is 1. The molecule has 118 valence electrons. The first kappa shape index (κ1) is 15.3. The van der Waals surface area contributed by atoms with Gasteiger partial charge in [0.2, 0.25) is 5.91 Å². The van der Waals surface area contributed by atoms with Crippen molar-refractivity contribution in [2.45, 2.75) is 33.6 Å². The molecule has 2 aromatic carbocycles. The molecule has 3 rings (SSSR count). The number of para-hydroxylation sites is 1. The van der Waals surface area contributed by atoms with Gasteiger partial charge in [0.25, 0.3) is 0 Å². The Hall–Kier alpha value is -2.62. The van der Waals surface area contributed by atoms with Crippen molar-refractivity contribution < 1.29 is 9.21 Å². The zero-order valence-electron chi connectivity index (χ0n) is 13.6. The van der Waals surface area contributed by atoms with Crippen LogP contribution >= 0.6 is 0 Å². The number of aryl methyl sites for hydroxylation is 4. The lowest BCUT2D eigenvalue weighted by molar-refractivity contribution is -0.116. The van der Waals surface area contributed by atoms with Crippen molar-refractivity contribution in [3.8, 4) is 0 Å². The van der Waals surface area contributed by atoms with Crippen LogP contribution < -0.4 is 5.32 Å². The van der Waals surface area contributed by atoms with Gasteiger partial charge in [-0.15, -0.1) is 0 Å². The van der Waals surface area contributed by atoms with E-state index in [4.69, 9.17) is 4.42 Å². The van der Waals surface area contributed by atoms with E-state index in [0.717, 1.165) is 33.5 Å². The SMILES string of the molecule is Cc1nc2cc(CCC(=O)Nc3c(C)cccc3C)ccc2o1. The summed E-state index contributed by atoms with van der Waals surface area (Å²) in [6, 6.07) is 11.9. The summed E-state index contributed by atoms with van der Waals surface area (Å²) in [6.45, 7) is 5.84. The third kappa shape index (κ3) is 3.42. The molecule has 0 aliphatic heterocycles. The maximum Gasteiger partial charge on any atom is 0.224 e. The molecule has 0 atom stereocenters. The third-order valence-corrected chi connectivity index (χ3v) is 3.95. The molecule has 0 spiro atoms. The Morgan fingerprint density at radius 1 is 1.13 bits per heavy atom. The average molecular weight is 308 g/mol. The van der Waals surface area contributed by atoms with Crippen molar-refractivity contribution in [3.05, 3.63) is 59.0 Å². The molecule has 3 aromatic rings. The first-order chi connectivity index (χ1) is 11.0. The Balaban J connectivity index is 1.66. The number of carbonyl (C=O) groups is 1. The van der Waals surface area contributed by atoms with Crippen molar-refractivity contribution in [1.29, 1.82) is 0 Å². The highest BCUT2D eigenvalue weighted by Crippen LogP contribution is 2.20. The van der Waals surface area contributed by atoms with Gasteiger partial charge in [-0.05, 0) is 49.1 Å². The molecule has 0 saturated carbocycles. The molecule has 0 radical (unpaired) electrons. The minimum atomic E-state index is 0.0267. The normalized spacial score (nSPS) is 10.9. The van der Waals surface area contributed by atoms with E-state index in [-0.39, 0.29) is 5.91 Å². The first-order valence-electron chi connectivity index (χ1n) is 7.75. The zero-order chi connectivity index (χ0) is 16.4. The monoisotopic (exact) mass is 308 g/mol. The van der Waals surface area contributed by atoms with Gasteiger partial charge < -0.3 is 9.73 Å². The lowest BCUT2D eigenvalue weighted by Crippen LogP contribution is -2.14. The summed E-state index contributed by atoms with van der Waals surface area (Å²) < 4.78 is 5.46. The minimum Gasteiger partial charge on any atom is -0.441 e. The quantitative estimate of drug-likeness (QED) is 0.780. The molecule has 1 amide bonds. The predicted molar refractivity (Wildman–Crippen MR) is 91.6 cm³/mol. The number of nitrogens with one attached hydrogen (secondary N) is 1. The fraction of sp³-hybridized carbons (Fsp3) is 0.263. The Morgan fingerprint density at radius 3 is 2.61 bits per heavy atom. The van der Waals surface area contributed by atoms with E-state index in [1.54, 1.807) is 0 Å². The fourth-order valence-corrected chi connectivity index (χ4v) is 2.72. The highest BCUT2D eigenvalue weighted by Gasteiger charge is 2.09. The van der Waals surface area contributed by atoms with Crippen molar-refractivity contribution in [2.75, 3.05) is 5.32 Å². The number of hydrogen-bond acceptors (Lipinski definition) is 3. The Bertz CT molecular complexity index is 845. The lowest BCUT2D eigenvalue weighted by Gasteiger charge is -2.11. The summed E-state index contributed by atoms with van der Waals surface area (Å²) in [4.78, 5) is 16.5. The summed E-state index contributed by atoms with van der Waals surface area (Å²) in [7, 11) is 0. The highest BCUT2D eigenvalue weighted by atomic mass is 16.3. The highest BCUT2D eigenvalue weighted by molar-refractivity contribution is 5.92. The molecule has 23 heavy (non-hydrogen) atoms. The number of amides is 1. The van der Waals surface area contributed by atoms with Gasteiger partial charge in [-0.25, -0.2) is 4.98 Å². The maximum absolute atomic E-state index is 12.2. The van der Waals surface area contributed by atoms with Gasteiger partial charge >= 0.3 is 0 Å². The van der Waals surface area contributed by atoms with Crippen LogP contribution in [0.4, 0.5) is 5.69 Å². The number of hydrogen-bond donors (Lipinski definition) is 1. The van der Waals surface area contributed by atoms with Crippen LogP contribution in [-0.2, 0) is 11.2 Å². The van der Waals surface area contributed by atoms with E-state index in [0.29, 0.717) is 18.7 Å². The molecule has 0 aliphatic carbocycles. The van der Waals surface area contributed by atoms with Crippen LogP contribution in [0.15, 0.2) is 40.8 Å². The number of benzene rings is 2. The number of fused-ring (bicyclic) bond motifs is 1. The number of carbonyl (C=O) groups excluding carboxylic acids is 1. The second-order valence-corrected chi connectivity index (χ2v) is 5.85. The van der Waals surface area contributed by atoms with Crippen molar-refractivity contribution in [2.24, 2.45) is 0 Å². The molecule has 1 aromatic heterocycles. The van der Waals surface area contributed by atoms with Gasteiger partial charge in [0.1, 0.15) is 5.52 Å². The number of oxazole rings is 1. The smallest absolute Gasteiger partial charge is 0.224 e. The van der Waals surface area contributed by atoms with E-state index in [1.807, 2.05) is 57.2 Å². The average Bonchev–Trinajstić information content (AvgIpc) is 2.88. The summed E-state index contributed by atoms with van der Waals surface area (Å²) in [5.41, 5.74) is 5.79. The molecule has 4 nitrogen and oxygen atoms in total. The van der Waals surface area contributed by atoms with Gasteiger partial charge in [0, 0.05) is 19.0 Å². The summed E-state index contributed by atoms with van der Waals surface area (Å²) in [6.07, 6.45) is 1.12. The van der Waals surface area contributed by atoms with E-state index in [1.165, 1.54) is 0 Å². The van der Waals surface area contributed by atoms with Crippen LogP contribution in [0.25, 0.3) is 11.1 Å². The van der Waals surface area contributed by atoms with Crippen LogP contribution in [0.2, 0.25) is 0 Å². The summed E-state index contributed by atoms with van der Waals surface area (Å²) >= 11 is 0. The molecule has 0 fully saturated rings. The van der Waals surface area contributed by atoms with Gasteiger partial charge in [-0.1, -0.05) is 24.3 Å². The lowest BCUT2D eigenvalue weighted by atomic mass is 10.1. The Morgan fingerprint density at radius 2 is 1.87 bits per heavy atom. The van der Waals surface area contributed by atoms with Crippen molar-refractivity contribution in [3.63, 3.8) is 0 Å². The van der Waals surface area contributed by atoms with Crippen molar-refractivity contribution in [1.82, 2.24) is 4.98 Å². The van der Waals surface area contributed by atoms with Crippen LogP contribution in [0, 0.1) is 20.8 Å². The topological polar surface area (TPSA) is 55.1 Å². The molecular weight excluding hydrogens is 288 g/mol. The van der Waals surface area contributed by atoms with Crippen LogP contribution in [-0.4, -0.2) is 10.9 Å². The van der Waals surface area contributed by atoms with Gasteiger partial charge in [-0.3, -0.25) is 4.79 Å². The number of rotatable bonds is 4. The van der Waals surface area contributed by atoms with Crippen LogP contribution in [0.3, 0.4) is 0 Å². The number of nitrogens with zero attached hydrogens (tertiary/aromatic N) is 1. The summed E-state index contributed by atoms with van der Waals surface area (Å²) in [5.74, 6) is 0.684. The predicted octanol–water partition coefficient (Wildman–Crippen LogP) is 4.32. The molecule has 0 saturated heterocycles. The number of aromatic nitrogens is 1. The largest absolute Gasteiger partial charge is 0.441 e. The van der Waals surface area contributed by atoms with Crippen LogP contribution in [0.1, 0.15) is 29.0 Å². The van der Waals surface area contributed by atoms with Gasteiger partial charge in [0.05, 0.1) is 0 Å². The maximum atomic E-state index is 12.2. The standard InChI is InChI=1S/C19H20N2O2/c1-12-5-4-6-13(2)19(12)21-18(22)10-8-15-7-9-17-16(11-15)20-14(3)23-17/h4-7,9,11H,8,10H2,1-3H3,(H,21,22). The van der Waals surface area contributed by atoms with Gasteiger partial charge in [0.15, 0.2) is 11.5 Å².